The van der Waals surface area contributed by atoms with E-state index in [1.165, 1.54) is 0 Å². The summed E-state index contributed by atoms with van der Waals surface area (Å²) < 4.78 is 5.05. The molecule has 0 saturated carbocycles. The van der Waals surface area contributed by atoms with Crippen LogP contribution in [0.3, 0.4) is 0 Å². The third-order valence-electron chi connectivity index (χ3n) is 3.03. The van der Waals surface area contributed by atoms with E-state index in [9.17, 15) is 0 Å². The number of benzene rings is 1. The molecule has 1 unspecified atom stereocenters. The topological polar surface area (TPSA) is 26.0 Å². The number of aromatic nitrogens is 1. The smallest absolute Gasteiger partial charge is 0.197 e. The number of alkyl halides is 1. The Bertz CT molecular complexity index is 708. The molecule has 0 amide bonds. The minimum Gasteiger partial charge on any atom is -0.453 e. The van der Waals surface area contributed by atoms with Crippen molar-refractivity contribution in [1.29, 1.82) is 0 Å². The van der Waals surface area contributed by atoms with Crippen LogP contribution in [0.5, 0.6) is 0 Å². The highest BCUT2D eigenvalue weighted by Gasteiger charge is 2.15. The van der Waals surface area contributed by atoms with Crippen LogP contribution in [0.1, 0.15) is 16.6 Å². The Morgan fingerprint density at radius 3 is 2.74 bits per heavy atom. The molecule has 0 N–H and O–H groups in total. The first-order valence-electron chi connectivity index (χ1n) is 5.95. The van der Waals surface area contributed by atoms with E-state index in [-0.39, 0.29) is 5.38 Å². The quantitative estimate of drug-likeness (QED) is 0.635. The lowest BCUT2D eigenvalue weighted by Crippen LogP contribution is -1.98. The van der Waals surface area contributed by atoms with Gasteiger partial charge in [0.25, 0.3) is 0 Å². The Kier molecular flexibility index (Phi) is 3.45. The molecule has 4 heteroatoms. The largest absolute Gasteiger partial charge is 0.453 e. The van der Waals surface area contributed by atoms with Crippen molar-refractivity contribution in [3.63, 3.8) is 0 Å². The van der Waals surface area contributed by atoms with Gasteiger partial charge in [0, 0.05) is 23.1 Å². The number of rotatable bonds is 3. The summed E-state index contributed by atoms with van der Waals surface area (Å²) in [5, 5.41) is 1.24. The standard InChI is InChI=1S/C15H11Cl2NO/c16-13(12-7-8-19-15(12)17)9-11-6-5-10-3-1-2-4-14(10)18-11/h1-8,13H,9H2. The summed E-state index contributed by atoms with van der Waals surface area (Å²) in [5.74, 6) is 0. The first kappa shape index (κ1) is 12.5. The molecule has 2 aromatic heterocycles. The normalized spacial score (nSPS) is 12.7. The number of furan rings is 1. The Labute approximate surface area is 121 Å². The molecule has 1 atom stereocenters. The fourth-order valence-corrected chi connectivity index (χ4v) is 2.68. The number of halogens is 2. The van der Waals surface area contributed by atoms with E-state index in [0.717, 1.165) is 22.2 Å². The summed E-state index contributed by atoms with van der Waals surface area (Å²) >= 11 is 12.3. The zero-order valence-corrected chi connectivity index (χ0v) is 11.5. The van der Waals surface area contributed by atoms with E-state index in [1.54, 1.807) is 12.3 Å². The van der Waals surface area contributed by atoms with Crippen LogP contribution in [-0.4, -0.2) is 4.98 Å². The highest BCUT2D eigenvalue weighted by molar-refractivity contribution is 6.31. The summed E-state index contributed by atoms with van der Waals surface area (Å²) in [6, 6.07) is 13.8. The lowest BCUT2D eigenvalue weighted by atomic mass is 10.1. The molecule has 0 bridgehead atoms. The first-order chi connectivity index (χ1) is 9.24. The van der Waals surface area contributed by atoms with Gasteiger partial charge >= 0.3 is 0 Å². The Morgan fingerprint density at radius 1 is 1.11 bits per heavy atom. The van der Waals surface area contributed by atoms with Crippen molar-refractivity contribution in [3.05, 3.63) is 65.2 Å². The van der Waals surface area contributed by atoms with E-state index in [2.05, 4.69) is 11.1 Å². The molecule has 3 rings (SSSR count). The monoisotopic (exact) mass is 291 g/mol. The Morgan fingerprint density at radius 2 is 1.95 bits per heavy atom. The molecule has 0 aliphatic heterocycles. The molecular weight excluding hydrogens is 281 g/mol. The second-order valence-corrected chi connectivity index (χ2v) is 5.19. The van der Waals surface area contributed by atoms with Crippen LogP contribution in [0.2, 0.25) is 5.22 Å². The lowest BCUT2D eigenvalue weighted by Gasteiger charge is -2.08. The summed E-state index contributed by atoms with van der Waals surface area (Å²) in [4.78, 5) is 4.60. The highest BCUT2D eigenvalue weighted by atomic mass is 35.5. The summed E-state index contributed by atoms with van der Waals surface area (Å²) in [7, 11) is 0. The van der Waals surface area contributed by atoms with E-state index in [4.69, 9.17) is 27.6 Å². The molecule has 0 radical (unpaired) electrons. The SMILES string of the molecule is Clc1occc1C(Cl)Cc1ccc2ccccc2n1. The van der Waals surface area contributed by atoms with E-state index in [1.807, 2.05) is 30.3 Å². The molecule has 19 heavy (non-hydrogen) atoms. The zero-order chi connectivity index (χ0) is 13.2. The predicted octanol–water partition coefficient (Wildman–Crippen LogP) is 5.00. The van der Waals surface area contributed by atoms with E-state index >= 15 is 0 Å². The molecular formula is C15H11Cl2NO. The van der Waals surface area contributed by atoms with Gasteiger partial charge in [0.2, 0.25) is 0 Å². The second kappa shape index (κ2) is 5.24. The van der Waals surface area contributed by atoms with Crippen molar-refractivity contribution in [2.75, 3.05) is 0 Å². The number of para-hydroxylation sites is 1. The molecule has 3 aromatic rings. The van der Waals surface area contributed by atoms with Crippen LogP contribution in [-0.2, 0) is 6.42 Å². The first-order valence-corrected chi connectivity index (χ1v) is 6.77. The van der Waals surface area contributed by atoms with Crippen molar-refractivity contribution < 1.29 is 4.42 Å². The van der Waals surface area contributed by atoms with Gasteiger partial charge in [-0.1, -0.05) is 24.3 Å². The third-order valence-corrected chi connectivity index (χ3v) is 3.72. The number of fused-ring (bicyclic) bond motifs is 1. The fourth-order valence-electron chi connectivity index (χ4n) is 2.04. The van der Waals surface area contributed by atoms with Gasteiger partial charge in [-0.25, -0.2) is 0 Å². The van der Waals surface area contributed by atoms with Crippen molar-refractivity contribution in [2.24, 2.45) is 0 Å². The summed E-state index contributed by atoms with van der Waals surface area (Å²) in [5.41, 5.74) is 2.72. The maximum atomic E-state index is 6.35. The Hall–Kier alpha value is -1.51. The zero-order valence-electron chi connectivity index (χ0n) is 10.0. The fraction of sp³-hybridized carbons (Fsp3) is 0.133. The van der Waals surface area contributed by atoms with Gasteiger partial charge in [-0.2, -0.15) is 0 Å². The van der Waals surface area contributed by atoms with Crippen LogP contribution in [0.4, 0.5) is 0 Å². The van der Waals surface area contributed by atoms with E-state index in [0.29, 0.717) is 11.6 Å². The van der Waals surface area contributed by atoms with Crippen molar-refractivity contribution in [3.8, 4) is 0 Å². The van der Waals surface area contributed by atoms with Crippen molar-refractivity contribution in [2.45, 2.75) is 11.8 Å². The average molecular weight is 292 g/mol. The Balaban J connectivity index is 1.87. The molecule has 0 aliphatic rings. The molecule has 96 valence electrons. The van der Waals surface area contributed by atoms with Gasteiger partial charge in [-0.05, 0) is 29.8 Å². The minimum absolute atomic E-state index is 0.236. The van der Waals surface area contributed by atoms with Crippen LogP contribution in [0.15, 0.2) is 53.1 Å². The number of nitrogens with zero attached hydrogens (tertiary/aromatic N) is 1. The molecule has 0 aliphatic carbocycles. The minimum atomic E-state index is -0.236. The average Bonchev–Trinajstić information content (AvgIpc) is 2.85. The van der Waals surface area contributed by atoms with Gasteiger partial charge in [-0.3, -0.25) is 4.98 Å². The predicted molar refractivity (Wildman–Crippen MR) is 77.8 cm³/mol. The summed E-state index contributed by atoms with van der Waals surface area (Å²) in [6.45, 7) is 0. The van der Waals surface area contributed by atoms with Gasteiger partial charge < -0.3 is 4.42 Å². The highest BCUT2D eigenvalue weighted by Crippen LogP contribution is 2.31. The molecule has 2 heterocycles. The van der Waals surface area contributed by atoms with Crippen LogP contribution >= 0.6 is 23.2 Å². The molecule has 1 aromatic carbocycles. The van der Waals surface area contributed by atoms with Crippen molar-refractivity contribution >= 4 is 34.1 Å². The maximum Gasteiger partial charge on any atom is 0.197 e. The molecule has 0 spiro atoms. The number of pyridine rings is 1. The lowest BCUT2D eigenvalue weighted by molar-refractivity contribution is 0.565. The van der Waals surface area contributed by atoms with Crippen LogP contribution in [0, 0.1) is 0 Å². The third kappa shape index (κ3) is 2.60. The number of hydrogen-bond donors (Lipinski definition) is 0. The number of hydrogen-bond acceptors (Lipinski definition) is 2. The van der Waals surface area contributed by atoms with Gasteiger partial charge in [-0.15, -0.1) is 11.6 Å². The van der Waals surface area contributed by atoms with Crippen LogP contribution in [0.25, 0.3) is 10.9 Å². The molecule has 0 fully saturated rings. The van der Waals surface area contributed by atoms with E-state index < -0.39 is 0 Å². The maximum absolute atomic E-state index is 6.35. The summed E-state index contributed by atoms with van der Waals surface area (Å²) in [6.07, 6.45) is 2.16. The molecule has 0 saturated heterocycles. The van der Waals surface area contributed by atoms with Crippen molar-refractivity contribution in [1.82, 2.24) is 4.98 Å². The van der Waals surface area contributed by atoms with Gasteiger partial charge in [0.05, 0.1) is 17.2 Å². The van der Waals surface area contributed by atoms with Crippen LogP contribution < -0.4 is 0 Å². The molecule has 2 nitrogen and oxygen atoms in total. The second-order valence-electron chi connectivity index (χ2n) is 4.32. The van der Waals surface area contributed by atoms with Gasteiger partial charge in [0.1, 0.15) is 0 Å². The van der Waals surface area contributed by atoms with Gasteiger partial charge in [0.15, 0.2) is 5.22 Å².